The van der Waals surface area contributed by atoms with Crippen molar-refractivity contribution in [3.63, 3.8) is 0 Å². The second-order valence-electron chi connectivity index (χ2n) is 4.12. The van der Waals surface area contributed by atoms with Crippen LogP contribution in [0, 0.1) is 5.82 Å². The van der Waals surface area contributed by atoms with E-state index >= 15 is 0 Å². The predicted octanol–water partition coefficient (Wildman–Crippen LogP) is 3.83. The first-order valence-electron chi connectivity index (χ1n) is 5.74. The Hall–Kier alpha value is -1.26. The number of hydrogen-bond donors (Lipinski definition) is 1. The molecule has 0 saturated carbocycles. The average molecular weight is 309 g/mol. The van der Waals surface area contributed by atoms with E-state index in [9.17, 15) is 4.39 Å². The first-order valence-corrected chi connectivity index (χ1v) is 6.53. The number of benzene rings is 1. The summed E-state index contributed by atoms with van der Waals surface area (Å²) in [5, 5.41) is 3.40. The Bertz CT molecular complexity index is 516. The van der Waals surface area contributed by atoms with Crippen LogP contribution in [0.3, 0.4) is 0 Å². The van der Waals surface area contributed by atoms with Crippen molar-refractivity contribution in [2.45, 2.75) is 19.5 Å². The minimum atomic E-state index is -0.229. The van der Waals surface area contributed by atoms with Gasteiger partial charge in [0.2, 0.25) is 0 Å². The van der Waals surface area contributed by atoms with Gasteiger partial charge in [-0.3, -0.25) is 4.98 Å². The number of rotatable bonds is 4. The number of pyridine rings is 1. The largest absolute Gasteiger partial charge is 0.306 e. The SMILES string of the molecule is CC(NCc1ccc(F)cc1Br)c1ccncc1. The molecule has 0 fully saturated rings. The van der Waals surface area contributed by atoms with Gasteiger partial charge in [-0.2, -0.15) is 0 Å². The molecule has 0 aliphatic carbocycles. The summed E-state index contributed by atoms with van der Waals surface area (Å²) >= 11 is 3.36. The van der Waals surface area contributed by atoms with Crippen LogP contribution in [0.1, 0.15) is 24.1 Å². The monoisotopic (exact) mass is 308 g/mol. The molecule has 0 amide bonds. The molecule has 18 heavy (non-hydrogen) atoms. The van der Waals surface area contributed by atoms with Crippen molar-refractivity contribution in [2.75, 3.05) is 0 Å². The van der Waals surface area contributed by atoms with Gasteiger partial charge in [-0.1, -0.05) is 22.0 Å². The van der Waals surface area contributed by atoms with Crippen molar-refractivity contribution in [1.29, 1.82) is 0 Å². The van der Waals surface area contributed by atoms with E-state index in [-0.39, 0.29) is 11.9 Å². The van der Waals surface area contributed by atoms with Gasteiger partial charge >= 0.3 is 0 Å². The molecule has 0 aliphatic rings. The lowest BCUT2D eigenvalue weighted by atomic mass is 10.1. The van der Waals surface area contributed by atoms with Crippen molar-refractivity contribution in [2.24, 2.45) is 0 Å². The van der Waals surface area contributed by atoms with Crippen LogP contribution in [0.15, 0.2) is 47.2 Å². The fraction of sp³-hybridized carbons (Fsp3) is 0.214. The van der Waals surface area contributed by atoms with E-state index in [1.165, 1.54) is 17.7 Å². The number of hydrogen-bond acceptors (Lipinski definition) is 2. The summed E-state index contributed by atoms with van der Waals surface area (Å²) in [6.07, 6.45) is 3.56. The lowest BCUT2D eigenvalue weighted by Gasteiger charge is -2.14. The maximum atomic E-state index is 13.0. The molecule has 4 heteroatoms. The van der Waals surface area contributed by atoms with Crippen molar-refractivity contribution >= 4 is 15.9 Å². The van der Waals surface area contributed by atoms with Gasteiger partial charge < -0.3 is 5.32 Å². The molecular weight excluding hydrogens is 295 g/mol. The van der Waals surface area contributed by atoms with E-state index in [1.54, 1.807) is 18.5 Å². The second kappa shape index (κ2) is 6.07. The molecule has 1 atom stereocenters. The second-order valence-corrected chi connectivity index (χ2v) is 4.97. The molecule has 1 N–H and O–H groups in total. The van der Waals surface area contributed by atoms with Crippen LogP contribution in [0.4, 0.5) is 4.39 Å². The molecule has 1 aromatic heterocycles. The first kappa shape index (κ1) is 13.2. The topological polar surface area (TPSA) is 24.9 Å². The zero-order valence-corrected chi connectivity index (χ0v) is 11.6. The molecule has 2 nitrogen and oxygen atoms in total. The van der Waals surface area contributed by atoms with Crippen LogP contribution in [0.2, 0.25) is 0 Å². The third-order valence-corrected chi connectivity index (χ3v) is 3.56. The molecule has 1 heterocycles. The zero-order chi connectivity index (χ0) is 13.0. The number of nitrogens with one attached hydrogen (secondary N) is 1. The van der Waals surface area contributed by atoms with Crippen molar-refractivity contribution in [1.82, 2.24) is 10.3 Å². The summed E-state index contributed by atoms with van der Waals surface area (Å²) in [5.41, 5.74) is 2.22. The normalized spacial score (nSPS) is 12.4. The van der Waals surface area contributed by atoms with Gasteiger partial charge in [-0.25, -0.2) is 4.39 Å². The minimum Gasteiger partial charge on any atom is -0.306 e. The highest BCUT2D eigenvalue weighted by Crippen LogP contribution is 2.19. The number of aromatic nitrogens is 1. The summed E-state index contributed by atoms with van der Waals surface area (Å²) in [6.45, 7) is 2.77. The fourth-order valence-corrected chi connectivity index (χ4v) is 2.19. The van der Waals surface area contributed by atoms with E-state index < -0.39 is 0 Å². The molecule has 0 bridgehead atoms. The summed E-state index contributed by atoms with van der Waals surface area (Å²) in [5.74, 6) is -0.229. The van der Waals surface area contributed by atoms with Crippen molar-refractivity contribution < 1.29 is 4.39 Å². The molecule has 2 rings (SSSR count). The fourth-order valence-electron chi connectivity index (χ4n) is 1.70. The van der Waals surface area contributed by atoms with Gasteiger partial charge in [0.05, 0.1) is 0 Å². The zero-order valence-electron chi connectivity index (χ0n) is 10.0. The Balaban J connectivity index is 1.99. The van der Waals surface area contributed by atoms with Gasteiger partial charge in [-0.05, 0) is 42.3 Å². The lowest BCUT2D eigenvalue weighted by Crippen LogP contribution is -2.18. The Labute approximate surface area is 114 Å². The Kier molecular flexibility index (Phi) is 4.44. The maximum absolute atomic E-state index is 13.0. The summed E-state index contributed by atoms with van der Waals surface area (Å²) in [7, 11) is 0. The van der Waals surface area contributed by atoms with E-state index in [0.29, 0.717) is 6.54 Å². The Morgan fingerprint density at radius 1 is 1.28 bits per heavy atom. The highest BCUT2D eigenvalue weighted by atomic mass is 79.9. The summed E-state index contributed by atoms with van der Waals surface area (Å²) < 4.78 is 13.7. The molecule has 0 spiro atoms. The summed E-state index contributed by atoms with van der Waals surface area (Å²) in [6, 6.07) is 8.93. The van der Waals surface area contributed by atoms with Crippen molar-refractivity contribution in [3.05, 3.63) is 64.1 Å². The molecule has 94 valence electrons. The van der Waals surface area contributed by atoms with Crippen LogP contribution in [0.25, 0.3) is 0 Å². The average Bonchev–Trinajstić information content (AvgIpc) is 2.38. The predicted molar refractivity (Wildman–Crippen MR) is 73.6 cm³/mol. The van der Waals surface area contributed by atoms with Crippen LogP contribution in [0.5, 0.6) is 0 Å². The molecule has 1 aromatic carbocycles. The van der Waals surface area contributed by atoms with Gasteiger partial charge in [0.15, 0.2) is 0 Å². The van der Waals surface area contributed by atoms with Gasteiger partial charge in [0, 0.05) is 29.5 Å². The highest BCUT2D eigenvalue weighted by molar-refractivity contribution is 9.10. The standard InChI is InChI=1S/C14H14BrFN2/c1-10(11-4-6-17-7-5-11)18-9-12-2-3-13(16)8-14(12)15/h2-8,10,18H,9H2,1H3. The first-order chi connectivity index (χ1) is 8.66. The third-order valence-electron chi connectivity index (χ3n) is 2.82. The van der Waals surface area contributed by atoms with Crippen LogP contribution < -0.4 is 5.32 Å². The van der Waals surface area contributed by atoms with Gasteiger partial charge in [0.1, 0.15) is 5.82 Å². The molecular formula is C14H14BrFN2. The Morgan fingerprint density at radius 3 is 2.67 bits per heavy atom. The smallest absolute Gasteiger partial charge is 0.124 e. The third kappa shape index (κ3) is 3.37. The quantitative estimate of drug-likeness (QED) is 0.928. The van der Waals surface area contributed by atoms with Crippen LogP contribution in [-0.2, 0) is 6.54 Å². The van der Waals surface area contributed by atoms with Crippen molar-refractivity contribution in [3.8, 4) is 0 Å². The number of halogens is 2. The molecule has 2 aromatic rings. The molecule has 0 aliphatic heterocycles. The highest BCUT2D eigenvalue weighted by Gasteiger charge is 2.06. The number of nitrogens with zero attached hydrogens (tertiary/aromatic N) is 1. The van der Waals surface area contributed by atoms with Crippen LogP contribution >= 0.6 is 15.9 Å². The van der Waals surface area contributed by atoms with E-state index in [1.807, 2.05) is 12.1 Å². The van der Waals surface area contributed by atoms with Crippen LogP contribution in [-0.4, -0.2) is 4.98 Å². The maximum Gasteiger partial charge on any atom is 0.124 e. The van der Waals surface area contributed by atoms with E-state index in [4.69, 9.17) is 0 Å². The van der Waals surface area contributed by atoms with E-state index in [2.05, 4.69) is 33.2 Å². The van der Waals surface area contributed by atoms with E-state index in [0.717, 1.165) is 10.0 Å². The van der Waals surface area contributed by atoms with Gasteiger partial charge in [0.25, 0.3) is 0 Å². The minimum absolute atomic E-state index is 0.227. The lowest BCUT2D eigenvalue weighted by molar-refractivity contribution is 0.571. The van der Waals surface area contributed by atoms with Gasteiger partial charge in [-0.15, -0.1) is 0 Å². The molecule has 1 unspecified atom stereocenters. The molecule has 0 radical (unpaired) electrons. The summed E-state index contributed by atoms with van der Waals surface area (Å²) in [4.78, 5) is 3.99. The Morgan fingerprint density at radius 2 is 2.00 bits per heavy atom. The molecule has 0 saturated heterocycles.